The van der Waals surface area contributed by atoms with Crippen LogP contribution in [0.5, 0.6) is 0 Å². The summed E-state index contributed by atoms with van der Waals surface area (Å²) in [5.41, 5.74) is 1.05. The Bertz CT molecular complexity index is 978. The number of benzene rings is 2. The monoisotopic (exact) mass is 402 g/mol. The third-order valence-electron chi connectivity index (χ3n) is 3.13. The molecule has 3 rings (SSSR count). The summed E-state index contributed by atoms with van der Waals surface area (Å²) >= 11 is 24.2. The highest BCUT2D eigenvalue weighted by molar-refractivity contribution is 8.03. The number of aromatic nitrogens is 2. The third-order valence-corrected chi connectivity index (χ3v) is 4.99. The summed E-state index contributed by atoms with van der Waals surface area (Å²) in [4.78, 5) is 12.8. The lowest BCUT2D eigenvalue weighted by Crippen LogP contribution is -2.23. The maximum Gasteiger partial charge on any atom is 0.266 e. The molecule has 0 amide bonds. The van der Waals surface area contributed by atoms with Crippen molar-refractivity contribution in [2.24, 2.45) is 0 Å². The van der Waals surface area contributed by atoms with Crippen molar-refractivity contribution in [1.29, 1.82) is 0 Å². The fourth-order valence-electron chi connectivity index (χ4n) is 2.23. The lowest BCUT2D eigenvalue weighted by molar-refractivity contribution is 0.920. The summed E-state index contributed by atoms with van der Waals surface area (Å²) < 4.78 is 1.66. The molecule has 0 aliphatic carbocycles. The van der Waals surface area contributed by atoms with E-state index in [9.17, 15) is 4.79 Å². The maximum atomic E-state index is 12.8. The van der Waals surface area contributed by atoms with Gasteiger partial charge in [0.15, 0.2) is 4.77 Å². The van der Waals surface area contributed by atoms with E-state index in [4.69, 9.17) is 47.0 Å². The molecule has 0 fully saturated rings. The molecule has 2 aromatic carbocycles. The second kappa shape index (κ2) is 6.49. The smallest absolute Gasteiger partial charge is 0.266 e. The zero-order valence-corrected chi connectivity index (χ0v) is 15.3. The van der Waals surface area contributed by atoms with Gasteiger partial charge in [-0.05, 0) is 36.5 Å². The van der Waals surface area contributed by atoms with Gasteiger partial charge in [0.05, 0.1) is 16.6 Å². The SMILES string of the molecule is O=c1c2ccccc2n(SC(Cl)(Cl)Cl)c(=S)n1-c1ccccc1. The van der Waals surface area contributed by atoms with Gasteiger partial charge in [0.1, 0.15) is 0 Å². The molecule has 0 bridgehead atoms. The van der Waals surface area contributed by atoms with Gasteiger partial charge in [-0.25, -0.2) is 0 Å². The largest absolute Gasteiger partial charge is 0.268 e. The third kappa shape index (κ3) is 3.44. The highest BCUT2D eigenvalue weighted by atomic mass is 35.6. The van der Waals surface area contributed by atoms with E-state index in [0.717, 1.165) is 11.9 Å². The van der Waals surface area contributed by atoms with Crippen LogP contribution in [0.2, 0.25) is 0 Å². The minimum absolute atomic E-state index is 0.210. The topological polar surface area (TPSA) is 26.9 Å². The van der Waals surface area contributed by atoms with Gasteiger partial charge >= 0.3 is 0 Å². The molecule has 1 aromatic heterocycles. The van der Waals surface area contributed by atoms with Crippen molar-refractivity contribution in [1.82, 2.24) is 8.54 Å². The summed E-state index contributed by atoms with van der Waals surface area (Å²) in [6, 6.07) is 16.2. The van der Waals surface area contributed by atoms with Crippen LogP contribution in [0, 0.1) is 4.77 Å². The Balaban J connectivity index is 2.43. The minimum Gasteiger partial charge on any atom is -0.268 e. The highest BCUT2D eigenvalue weighted by Gasteiger charge is 2.24. The van der Waals surface area contributed by atoms with Crippen LogP contribution in [-0.2, 0) is 0 Å². The second-order valence-corrected chi connectivity index (χ2v) is 9.09. The van der Waals surface area contributed by atoms with E-state index >= 15 is 0 Å². The first kappa shape index (κ1) is 16.9. The van der Waals surface area contributed by atoms with Crippen LogP contribution >= 0.6 is 59.0 Å². The minimum atomic E-state index is -1.61. The average Bonchev–Trinajstić information content (AvgIpc) is 2.52. The van der Waals surface area contributed by atoms with E-state index in [0.29, 0.717) is 16.6 Å². The van der Waals surface area contributed by atoms with Crippen LogP contribution in [0.15, 0.2) is 59.4 Å². The Hall–Kier alpha value is -0.980. The quantitative estimate of drug-likeness (QED) is 0.426. The number of rotatable bonds is 2. The van der Waals surface area contributed by atoms with Gasteiger partial charge in [-0.3, -0.25) is 13.3 Å². The lowest BCUT2D eigenvalue weighted by Gasteiger charge is -2.18. The Labute approximate surface area is 156 Å². The van der Waals surface area contributed by atoms with Crippen molar-refractivity contribution in [2.45, 2.75) is 3.12 Å². The Morgan fingerprint density at radius 1 is 0.957 bits per heavy atom. The summed E-state index contributed by atoms with van der Waals surface area (Å²) in [7, 11) is 0. The van der Waals surface area contributed by atoms with Crippen molar-refractivity contribution in [2.75, 3.05) is 0 Å². The molecule has 3 nitrogen and oxygen atoms in total. The molecule has 0 saturated carbocycles. The van der Waals surface area contributed by atoms with Crippen molar-refractivity contribution < 1.29 is 0 Å². The number of alkyl halides is 3. The number of hydrogen-bond acceptors (Lipinski definition) is 3. The lowest BCUT2D eigenvalue weighted by atomic mass is 10.2. The molecular formula is C15H9Cl3N2OS2. The number of hydrogen-bond donors (Lipinski definition) is 0. The molecule has 0 saturated heterocycles. The predicted octanol–water partition coefficient (Wildman–Crippen LogP) is 5.35. The molecular weight excluding hydrogens is 395 g/mol. The molecule has 23 heavy (non-hydrogen) atoms. The second-order valence-electron chi connectivity index (χ2n) is 4.61. The van der Waals surface area contributed by atoms with E-state index in [1.807, 2.05) is 18.2 Å². The van der Waals surface area contributed by atoms with Gasteiger partial charge in [0.25, 0.3) is 8.68 Å². The van der Waals surface area contributed by atoms with Crippen LogP contribution in [-0.4, -0.2) is 11.7 Å². The van der Waals surface area contributed by atoms with E-state index in [-0.39, 0.29) is 10.3 Å². The molecule has 0 aliphatic heterocycles. The van der Waals surface area contributed by atoms with Crippen LogP contribution in [0.3, 0.4) is 0 Å². The summed E-state index contributed by atoms with van der Waals surface area (Å²) in [5.74, 6) is 0. The van der Waals surface area contributed by atoms with Crippen LogP contribution < -0.4 is 5.56 Å². The molecule has 0 unspecified atom stereocenters. The zero-order chi connectivity index (χ0) is 16.6. The summed E-state index contributed by atoms with van der Waals surface area (Å²) in [5, 5.41) is 0.492. The van der Waals surface area contributed by atoms with Crippen LogP contribution in [0.1, 0.15) is 0 Å². The predicted molar refractivity (Wildman–Crippen MR) is 102 cm³/mol. The summed E-state index contributed by atoms with van der Waals surface area (Å²) in [6.45, 7) is 0. The molecule has 3 aromatic rings. The molecule has 1 heterocycles. The average molecular weight is 404 g/mol. The Kier molecular flexibility index (Phi) is 4.76. The number of nitrogens with zero attached hydrogens (tertiary/aromatic N) is 2. The molecule has 0 radical (unpaired) electrons. The molecule has 8 heteroatoms. The number of fused-ring (bicyclic) bond motifs is 1. The fourth-order valence-corrected chi connectivity index (χ4v) is 3.87. The van der Waals surface area contributed by atoms with E-state index in [2.05, 4.69) is 0 Å². The fraction of sp³-hybridized carbons (Fsp3) is 0.0667. The van der Waals surface area contributed by atoms with Gasteiger partial charge in [-0.1, -0.05) is 65.1 Å². The first-order valence-corrected chi connectivity index (χ1v) is 8.78. The normalized spacial score (nSPS) is 11.8. The van der Waals surface area contributed by atoms with E-state index in [1.54, 1.807) is 40.4 Å². The van der Waals surface area contributed by atoms with Crippen molar-refractivity contribution in [3.8, 4) is 5.69 Å². The zero-order valence-electron chi connectivity index (χ0n) is 11.4. The van der Waals surface area contributed by atoms with Crippen LogP contribution in [0.4, 0.5) is 0 Å². The first-order valence-electron chi connectivity index (χ1n) is 6.47. The molecule has 0 aliphatic rings. The van der Waals surface area contributed by atoms with Crippen molar-refractivity contribution >= 4 is 69.9 Å². The molecule has 0 N–H and O–H groups in total. The summed E-state index contributed by atoms with van der Waals surface area (Å²) in [6.07, 6.45) is 0. The van der Waals surface area contributed by atoms with E-state index < -0.39 is 3.12 Å². The van der Waals surface area contributed by atoms with Gasteiger partial charge in [-0.2, -0.15) is 0 Å². The van der Waals surface area contributed by atoms with Crippen molar-refractivity contribution in [3.63, 3.8) is 0 Å². The number of para-hydroxylation sites is 2. The van der Waals surface area contributed by atoms with Crippen molar-refractivity contribution in [3.05, 3.63) is 69.7 Å². The van der Waals surface area contributed by atoms with Gasteiger partial charge in [0, 0.05) is 11.9 Å². The molecule has 118 valence electrons. The maximum absolute atomic E-state index is 12.8. The molecule has 0 atom stereocenters. The standard InChI is InChI=1S/C15H9Cl3N2OS2/c16-15(17,18)23-20-12-9-5-4-8-11(12)13(21)19(14(20)22)10-6-2-1-3-7-10/h1-9H. The van der Waals surface area contributed by atoms with E-state index in [1.165, 1.54) is 4.57 Å². The van der Waals surface area contributed by atoms with Gasteiger partial charge in [-0.15, -0.1) is 0 Å². The molecule has 0 spiro atoms. The Morgan fingerprint density at radius 2 is 1.57 bits per heavy atom. The highest BCUT2D eigenvalue weighted by Crippen LogP contribution is 2.41. The van der Waals surface area contributed by atoms with Gasteiger partial charge in [0.2, 0.25) is 0 Å². The van der Waals surface area contributed by atoms with Crippen LogP contribution in [0.25, 0.3) is 16.6 Å². The van der Waals surface area contributed by atoms with Gasteiger partial charge < -0.3 is 0 Å². The first-order chi connectivity index (χ1) is 10.9. The Morgan fingerprint density at radius 3 is 2.22 bits per heavy atom. The number of halogens is 3.